The highest BCUT2D eigenvalue weighted by Crippen LogP contribution is 2.31. The van der Waals surface area contributed by atoms with Crippen molar-refractivity contribution >= 4 is 18.3 Å². The number of rotatable bonds is 2. The predicted octanol–water partition coefficient (Wildman–Crippen LogP) is 2.16. The summed E-state index contributed by atoms with van der Waals surface area (Å²) in [6, 6.07) is 0. The number of hydrogen-bond acceptors (Lipinski definition) is 2. The summed E-state index contributed by atoms with van der Waals surface area (Å²) in [5.41, 5.74) is 0.229. The van der Waals surface area contributed by atoms with Gasteiger partial charge < -0.3 is 10.2 Å². The van der Waals surface area contributed by atoms with Crippen LogP contribution in [0.2, 0.25) is 0 Å². The monoisotopic (exact) mass is 274 g/mol. The lowest BCUT2D eigenvalue weighted by molar-refractivity contribution is -0.132. The van der Waals surface area contributed by atoms with Crippen LogP contribution in [0.5, 0.6) is 0 Å². The zero-order valence-electron chi connectivity index (χ0n) is 12.0. The molecule has 2 fully saturated rings. The van der Waals surface area contributed by atoms with Gasteiger partial charge in [0.1, 0.15) is 0 Å². The molecule has 0 aromatic rings. The SMILES string of the molecule is CC(CC(=O)N1C[C@H]2CNC[C@H]2C1)C(C)(C)C.Cl. The minimum absolute atomic E-state index is 0. The highest BCUT2D eigenvalue weighted by Gasteiger charge is 2.38. The van der Waals surface area contributed by atoms with Crippen molar-refractivity contribution in [3.63, 3.8) is 0 Å². The Bertz CT molecular complexity index is 289. The molecule has 0 radical (unpaired) electrons. The molecule has 0 saturated carbocycles. The molecule has 2 heterocycles. The molecular weight excluding hydrogens is 248 g/mol. The van der Waals surface area contributed by atoms with E-state index in [4.69, 9.17) is 0 Å². The Balaban J connectivity index is 0.00000162. The van der Waals surface area contributed by atoms with Gasteiger partial charge >= 0.3 is 0 Å². The number of amides is 1. The Labute approximate surface area is 117 Å². The van der Waals surface area contributed by atoms with E-state index in [1.165, 1.54) is 0 Å². The predicted molar refractivity (Wildman–Crippen MR) is 76.9 cm³/mol. The summed E-state index contributed by atoms with van der Waals surface area (Å²) in [6.45, 7) is 13.0. The molecule has 4 heteroatoms. The molecule has 3 nitrogen and oxygen atoms in total. The van der Waals surface area contributed by atoms with Crippen LogP contribution >= 0.6 is 12.4 Å². The molecule has 0 spiro atoms. The van der Waals surface area contributed by atoms with Gasteiger partial charge in [-0.25, -0.2) is 0 Å². The summed E-state index contributed by atoms with van der Waals surface area (Å²) in [7, 11) is 0. The van der Waals surface area contributed by atoms with Crippen molar-refractivity contribution in [3.8, 4) is 0 Å². The van der Waals surface area contributed by atoms with Gasteiger partial charge in [0.25, 0.3) is 0 Å². The number of nitrogens with zero attached hydrogens (tertiary/aromatic N) is 1. The Kier molecular flexibility index (Phi) is 5.07. The van der Waals surface area contributed by atoms with Gasteiger partial charge in [-0.3, -0.25) is 4.79 Å². The van der Waals surface area contributed by atoms with Crippen molar-refractivity contribution in [2.45, 2.75) is 34.1 Å². The molecule has 0 bridgehead atoms. The quantitative estimate of drug-likeness (QED) is 0.837. The third-order valence-electron chi connectivity index (χ3n) is 4.70. The normalized spacial score (nSPS) is 28.8. The van der Waals surface area contributed by atoms with E-state index in [-0.39, 0.29) is 17.8 Å². The van der Waals surface area contributed by atoms with Gasteiger partial charge in [0.15, 0.2) is 0 Å². The van der Waals surface area contributed by atoms with Gasteiger partial charge in [-0.1, -0.05) is 27.7 Å². The third kappa shape index (κ3) is 3.39. The molecule has 2 rings (SSSR count). The number of fused-ring (bicyclic) bond motifs is 1. The molecule has 106 valence electrons. The Morgan fingerprint density at radius 1 is 1.28 bits per heavy atom. The first-order valence-corrected chi connectivity index (χ1v) is 6.86. The van der Waals surface area contributed by atoms with Gasteiger partial charge in [-0.05, 0) is 23.2 Å². The molecule has 18 heavy (non-hydrogen) atoms. The average Bonchev–Trinajstić information content (AvgIpc) is 2.74. The maximum Gasteiger partial charge on any atom is 0.222 e. The fourth-order valence-corrected chi connectivity index (χ4v) is 2.76. The smallest absolute Gasteiger partial charge is 0.222 e. The minimum atomic E-state index is 0. The third-order valence-corrected chi connectivity index (χ3v) is 4.70. The van der Waals surface area contributed by atoms with Crippen LogP contribution in [0.15, 0.2) is 0 Å². The summed E-state index contributed by atoms with van der Waals surface area (Å²) in [5.74, 6) is 2.24. The standard InChI is InChI=1S/C14H26N2O.ClH/c1-10(14(2,3)4)5-13(17)16-8-11-6-15-7-12(11)9-16;/h10-12,15H,5-9H2,1-4H3;1H/t10?,11-,12+;. The van der Waals surface area contributed by atoms with Crippen LogP contribution in [0.4, 0.5) is 0 Å². The minimum Gasteiger partial charge on any atom is -0.342 e. The van der Waals surface area contributed by atoms with E-state index in [1.54, 1.807) is 0 Å². The average molecular weight is 275 g/mol. The number of halogens is 1. The molecule has 0 aliphatic carbocycles. The fraction of sp³-hybridized carbons (Fsp3) is 0.929. The topological polar surface area (TPSA) is 32.3 Å². The highest BCUT2D eigenvalue weighted by atomic mass is 35.5. The highest BCUT2D eigenvalue weighted by molar-refractivity contribution is 5.85. The van der Waals surface area contributed by atoms with E-state index in [9.17, 15) is 4.79 Å². The second kappa shape index (κ2) is 5.79. The van der Waals surface area contributed by atoms with E-state index < -0.39 is 0 Å². The summed E-state index contributed by atoms with van der Waals surface area (Å²) in [5, 5.41) is 3.41. The number of likely N-dealkylation sites (tertiary alicyclic amines) is 1. The first-order chi connectivity index (χ1) is 7.88. The number of nitrogens with one attached hydrogen (secondary N) is 1. The van der Waals surface area contributed by atoms with Crippen molar-refractivity contribution in [1.82, 2.24) is 10.2 Å². The molecule has 2 aliphatic heterocycles. The molecule has 1 amide bonds. The van der Waals surface area contributed by atoms with Gasteiger partial charge in [0.2, 0.25) is 5.91 Å². The molecule has 1 unspecified atom stereocenters. The van der Waals surface area contributed by atoms with Crippen LogP contribution in [0, 0.1) is 23.2 Å². The Morgan fingerprint density at radius 3 is 2.22 bits per heavy atom. The summed E-state index contributed by atoms with van der Waals surface area (Å²) in [4.78, 5) is 14.3. The van der Waals surface area contributed by atoms with Crippen molar-refractivity contribution in [1.29, 1.82) is 0 Å². The van der Waals surface area contributed by atoms with Gasteiger partial charge in [0.05, 0.1) is 0 Å². The van der Waals surface area contributed by atoms with Crippen LogP contribution in [-0.4, -0.2) is 37.0 Å². The number of carbonyl (C=O) groups excluding carboxylic acids is 1. The lowest BCUT2D eigenvalue weighted by atomic mass is 9.80. The lowest BCUT2D eigenvalue weighted by Crippen LogP contribution is -2.34. The second-order valence-corrected chi connectivity index (χ2v) is 6.95. The van der Waals surface area contributed by atoms with Crippen molar-refractivity contribution in [3.05, 3.63) is 0 Å². The molecule has 0 aromatic carbocycles. The van der Waals surface area contributed by atoms with E-state index in [1.807, 2.05) is 0 Å². The van der Waals surface area contributed by atoms with Crippen LogP contribution in [0.25, 0.3) is 0 Å². The van der Waals surface area contributed by atoms with E-state index in [0.717, 1.165) is 26.2 Å². The maximum atomic E-state index is 12.2. The molecule has 0 aromatic heterocycles. The van der Waals surface area contributed by atoms with Crippen LogP contribution < -0.4 is 5.32 Å². The van der Waals surface area contributed by atoms with E-state index in [2.05, 4.69) is 37.9 Å². The van der Waals surface area contributed by atoms with Gasteiger partial charge in [0, 0.05) is 32.6 Å². The molecule has 2 saturated heterocycles. The number of carbonyl (C=O) groups is 1. The van der Waals surface area contributed by atoms with Crippen molar-refractivity contribution in [2.75, 3.05) is 26.2 Å². The molecule has 3 atom stereocenters. The lowest BCUT2D eigenvalue weighted by Gasteiger charge is -2.28. The first kappa shape index (κ1) is 15.8. The van der Waals surface area contributed by atoms with Crippen LogP contribution in [-0.2, 0) is 4.79 Å². The Morgan fingerprint density at radius 2 is 1.78 bits per heavy atom. The second-order valence-electron chi connectivity index (χ2n) is 6.95. The Hall–Kier alpha value is -0.280. The van der Waals surface area contributed by atoms with Gasteiger partial charge in [-0.2, -0.15) is 0 Å². The zero-order valence-corrected chi connectivity index (χ0v) is 12.8. The molecule has 1 N–H and O–H groups in total. The summed E-state index contributed by atoms with van der Waals surface area (Å²) >= 11 is 0. The maximum absolute atomic E-state index is 12.2. The first-order valence-electron chi connectivity index (χ1n) is 6.86. The van der Waals surface area contributed by atoms with Gasteiger partial charge in [-0.15, -0.1) is 12.4 Å². The zero-order chi connectivity index (χ0) is 12.6. The summed E-state index contributed by atoms with van der Waals surface area (Å²) in [6.07, 6.45) is 0.705. The van der Waals surface area contributed by atoms with E-state index >= 15 is 0 Å². The van der Waals surface area contributed by atoms with Crippen molar-refractivity contribution < 1.29 is 4.79 Å². The fourth-order valence-electron chi connectivity index (χ4n) is 2.76. The van der Waals surface area contributed by atoms with Crippen LogP contribution in [0.3, 0.4) is 0 Å². The molecule has 2 aliphatic rings. The van der Waals surface area contributed by atoms with E-state index in [0.29, 0.717) is 30.1 Å². The summed E-state index contributed by atoms with van der Waals surface area (Å²) < 4.78 is 0. The van der Waals surface area contributed by atoms with Crippen molar-refractivity contribution in [2.24, 2.45) is 23.2 Å². The van der Waals surface area contributed by atoms with Crippen LogP contribution in [0.1, 0.15) is 34.1 Å². The number of hydrogen-bond donors (Lipinski definition) is 1. The molecular formula is C14H27ClN2O. The largest absolute Gasteiger partial charge is 0.342 e.